The zero-order chi connectivity index (χ0) is 12.4. The number of aromatic carboxylic acids is 1. The Hall–Kier alpha value is -2.21. The lowest BCUT2D eigenvalue weighted by molar-refractivity contribution is 0.0696. The van der Waals surface area contributed by atoms with Crippen molar-refractivity contribution < 1.29 is 9.90 Å². The zero-order valence-corrected chi connectivity index (χ0v) is 9.40. The van der Waals surface area contributed by atoms with Gasteiger partial charge in [0.25, 0.3) is 5.56 Å². The fraction of sp³-hybridized carbons (Fsp3) is 0. The first-order chi connectivity index (χ1) is 8.08. The van der Waals surface area contributed by atoms with Crippen molar-refractivity contribution in [2.75, 3.05) is 0 Å². The number of nitrogens with one attached hydrogen (secondary N) is 1. The molecule has 0 spiro atoms. The van der Waals surface area contributed by atoms with E-state index >= 15 is 0 Å². The zero-order valence-electron chi connectivity index (χ0n) is 8.58. The Balaban J connectivity index is 2.62. The molecule has 6 heteroatoms. The minimum absolute atomic E-state index is 0.0482. The first-order valence-corrected chi connectivity index (χ1v) is 5.14. The molecule has 0 aromatic carbocycles. The van der Waals surface area contributed by atoms with Crippen LogP contribution in [0.25, 0.3) is 5.69 Å². The number of hydrogen-bond acceptors (Lipinski definition) is 3. The highest BCUT2D eigenvalue weighted by Crippen LogP contribution is 2.04. The van der Waals surface area contributed by atoms with E-state index < -0.39 is 5.97 Å². The number of carbonyl (C=O) groups is 1. The molecule has 0 aliphatic carbocycles. The van der Waals surface area contributed by atoms with Crippen LogP contribution in [-0.2, 0) is 0 Å². The second kappa shape index (κ2) is 4.34. The highest BCUT2D eigenvalue weighted by molar-refractivity contribution is 7.71. The third-order valence-corrected chi connectivity index (χ3v) is 2.46. The first kappa shape index (κ1) is 11.3. The van der Waals surface area contributed by atoms with Crippen molar-refractivity contribution in [3.8, 4) is 5.69 Å². The molecule has 0 atom stereocenters. The molecule has 0 amide bonds. The van der Waals surface area contributed by atoms with E-state index in [2.05, 4.69) is 4.98 Å². The average molecular weight is 248 g/mol. The monoisotopic (exact) mass is 248 g/mol. The molecule has 2 aromatic heterocycles. The Labute approximate surface area is 101 Å². The van der Waals surface area contributed by atoms with E-state index in [9.17, 15) is 9.59 Å². The van der Waals surface area contributed by atoms with Crippen molar-refractivity contribution in [1.82, 2.24) is 9.55 Å². The van der Waals surface area contributed by atoms with Gasteiger partial charge in [-0.05, 0) is 18.2 Å². The van der Waals surface area contributed by atoms with Crippen LogP contribution in [0.15, 0.2) is 41.5 Å². The summed E-state index contributed by atoms with van der Waals surface area (Å²) in [6.07, 6.45) is 2.83. The van der Waals surface area contributed by atoms with E-state index in [1.165, 1.54) is 22.9 Å². The van der Waals surface area contributed by atoms with Gasteiger partial charge in [-0.25, -0.2) is 4.79 Å². The van der Waals surface area contributed by atoms with E-state index in [1.54, 1.807) is 18.3 Å². The Morgan fingerprint density at radius 1 is 1.29 bits per heavy atom. The van der Waals surface area contributed by atoms with Crippen LogP contribution in [0, 0.1) is 4.64 Å². The molecule has 0 bridgehead atoms. The fourth-order valence-corrected chi connectivity index (χ4v) is 1.49. The second-order valence-corrected chi connectivity index (χ2v) is 3.78. The predicted octanol–water partition coefficient (Wildman–Crippen LogP) is 1.59. The molecule has 0 aliphatic heterocycles. The minimum Gasteiger partial charge on any atom is -0.478 e. The summed E-state index contributed by atoms with van der Waals surface area (Å²) < 4.78 is 1.78. The van der Waals surface area contributed by atoms with Crippen molar-refractivity contribution in [2.45, 2.75) is 0 Å². The maximum Gasteiger partial charge on any atom is 0.337 e. The standard InChI is InChI=1S/C11H8N2O3S/c14-10-4-1-7(11(15)16)6-13(10)8-2-3-9(17)12-5-8/h1-6H,(H,12,17)(H,15,16). The van der Waals surface area contributed by atoms with E-state index in [0.717, 1.165) is 0 Å². The smallest absolute Gasteiger partial charge is 0.337 e. The number of aromatic nitrogens is 2. The maximum atomic E-state index is 11.6. The van der Waals surface area contributed by atoms with Crippen LogP contribution in [0.1, 0.15) is 10.4 Å². The average Bonchev–Trinajstić information content (AvgIpc) is 2.31. The molecule has 2 heterocycles. The molecule has 0 unspecified atom stereocenters. The summed E-state index contributed by atoms with van der Waals surface area (Å²) in [6.45, 7) is 0. The summed E-state index contributed by atoms with van der Waals surface area (Å²) in [5, 5.41) is 8.85. The van der Waals surface area contributed by atoms with Crippen LogP contribution in [0.2, 0.25) is 0 Å². The Morgan fingerprint density at radius 3 is 2.65 bits per heavy atom. The number of H-pyrrole nitrogens is 1. The lowest BCUT2D eigenvalue weighted by atomic mass is 10.3. The van der Waals surface area contributed by atoms with Gasteiger partial charge in [-0.3, -0.25) is 9.36 Å². The van der Waals surface area contributed by atoms with Gasteiger partial charge in [-0.1, -0.05) is 12.2 Å². The SMILES string of the molecule is O=C(O)c1ccc(=O)n(-c2ccc(=S)[nH]c2)c1. The van der Waals surface area contributed by atoms with Crippen molar-refractivity contribution in [3.63, 3.8) is 0 Å². The number of carboxylic acids is 1. The van der Waals surface area contributed by atoms with Crippen LogP contribution in [0.3, 0.4) is 0 Å². The molecule has 5 nitrogen and oxygen atoms in total. The van der Waals surface area contributed by atoms with E-state index in [0.29, 0.717) is 10.3 Å². The predicted molar refractivity (Wildman–Crippen MR) is 64.2 cm³/mol. The van der Waals surface area contributed by atoms with Gasteiger partial charge in [0.15, 0.2) is 0 Å². The van der Waals surface area contributed by atoms with E-state index in [4.69, 9.17) is 17.3 Å². The van der Waals surface area contributed by atoms with Gasteiger partial charge in [0, 0.05) is 18.5 Å². The number of carboxylic acid groups (broad SMARTS) is 1. The largest absolute Gasteiger partial charge is 0.478 e. The van der Waals surface area contributed by atoms with Gasteiger partial charge in [0.05, 0.1) is 11.3 Å². The lowest BCUT2D eigenvalue weighted by Gasteiger charge is -2.05. The second-order valence-electron chi connectivity index (χ2n) is 3.34. The summed E-state index contributed by atoms with van der Waals surface area (Å²) in [4.78, 5) is 25.2. The van der Waals surface area contributed by atoms with Gasteiger partial charge < -0.3 is 10.1 Å². The van der Waals surface area contributed by atoms with Crippen molar-refractivity contribution in [1.29, 1.82) is 0 Å². The van der Waals surface area contributed by atoms with Crippen molar-refractivity contribution in [3.05, 3.63) is 57.2 Å². The Kier molecular flexibility index (Phi) is 2.88. The van der Waals surface area contributed by atoms with Crippen molar-refractivity contribution >= 4 is 18.2 Å². The number of pyridine rings is 2. The molecular formula is C11H8N2O3S. The number of aromatic amines is 1. The molecule has 86 valence electrons. The third kappa shape index (κ3) is 2.31. The van der Waals surface area contributed by atoms with Gasteiger partial charge >= 0.3 is 5.97 Å². The summed E-state index contributed by atoms with van der Waals surface area (Å²) in [5.41, 5.74) is 0.277. The molecule has 2 N–H and O–H groups in total. The van der Waals surface area contributed by atoms with E-state index in [-0.39, 0.29) is 11.1 Å². The number of nitrogens with zero attached hydrogens (tertiary/aromatic N) is 1. The molecule has 0 fully saturated rings. The van der Waals surface area contributed by atoms with Crippen LogP contribution in [0.4, 0.5) is 0 Å². The molecular weight excluding hydrogens is 240 g/mol. The summed E-state index contributed by atoms with van der Waals surface area (Å²) in [6, 6.07) is 5.76. The molecule has 17 heavy (non-hydrogen) atoms. The molecule has 2 aromatic rings. The van der Waals surface area contributed by atoms with Crippen LogP contribution in [0.5, 0.6) is 0 Å². The highest BCUT2D eigenvalue weighted by Gasteiger charge is 2.06. The summed E-state index contributed by atoms with van der Waals surface area (Å²) in [7, 11) is 0. The number of rotatable bonds is 2. The van der Waals surface area contributed by atoms with Gasteiger partial charge in [0.2, 0.25) is 0 Å². The fourth-order valence-electron chi connectivity index (χ4n) is 1.37. The van der Waals surface area contributed by atoms with Gasteiger partial charge in [0.1, 0.15) is 4.64 Å². The molecule has 0 saturated heterocycles. The van der Waals surface area contributed by atoms with Crippen molar-refractivity contribution in [2.24, 2.45) is 0 Å². The summed E-state index contributed by atoms with van der Waals surface area (Å²) >= 11 is 4.88. The Bertz CT molecular complexity index is 667. The van der Waals surface area contributed by atoms with Crippen LogP contribution < -0.4 is 5.56 Å². The van der Waals surface area contributed by atoms with Gasteiger partial charge in [-0.15, -0.1) is 0 Å². The topological polar surface area (TPSA) is 75.1 Å². The van der Waals surface area contributed by atoms with E-state index in [1.807, 2.05) is 0 Å². The molecule has 0 radical (unpaired) electrons. The minimum atomic E-state index is -1.08. The van der Waals surface area contributed by atoms with Crippen LogP contribution in [-0.4, -0.2) is 20.6 Å². The molecule has 2 rings (SSSR count). The molecule has 0 aliphatic rings. The first-order valence-electron chi connectivity index (χ1n) is 4.73. The van der Waals surface area contributed by atoms with Gasteiger partial charge in [-0.2, -0.15) is 0 Å². The quantitative estimate of drug-likeness (QED) is 0.791. The number of hydrogen-bond donors (Lipinski definition) is 2. The highest BCUT2D eigenvalue weighted by atomic mass is 32.1. The third-order valence-electron chi connectivity index (χ3n) is 2.20. The maximum absolute atomic E-state index is 11.6. The Morgan fingerprint density at radius 2 is 2.06 bits per heavy atom. The summed E-state index contributed by atoms with van der Waals surface area (Å²) in [5.74, 6) is -1.08. The van der Waals surface area contributed by atoms with Crippen LogP contribution >= 0.6 is 12.2 Å². The molecule has 0 saturated carbocycles. The normalized spacial score (nSPS) is 10.1. The lowest BCUT2D eigenvalue weighted by Crippen LogP contribution is -2.18.